The molecule has 1 aromatic heterocycles. The van der Waals surface area contributed by atoms with E-state index in [4.69, 9.17) is 0 Å². The summed E-state index contributed by atoms with van der Waals surface area (Å²) in [6, 6.07) is 8.25. The first-order chi connectivity index (χ1) is 9.52. The van der Waals surface area contributed by atoms with E-state index in [1.165, 1.54) is 10.9 Å². The number of hydrogen-bond acceptors (Lipinski definition) is 1. The number of fused-ring (bicyclic) bond motifs is 1. The van der Waals surface area contributed by atoms with Crippen LogP contribution in [0, 0.1) is 5.92 Å². The van der Waals surface area contributed by atoms with Gasteiger partial charge in [-0.25, -0.2) is 0 Å². The van der Waals surface area contributed by atoms with Crippen LogP contribution >= 0.6 is 0 Å². The number of rotatable bonds is 5. The third kappa shape index (κ3) is 3.03. The Labute approximate surface area is 121 Å². The maximum Gasteiger partial charge on any atom is 0.227 e. The van der Waals surface area contributed by atoms with Gasteiger partial charge in [-0.2, -0.15) is 0 Å². The van der Waals surface area contributed by atoms with E-state index < -0.39 is 0 Å². The second-order valence-electron chi connectivity index (χ2n) is 5.79. The molecule has 0 aliphatic carbocycles. The third-order valence-corrected chi connectivity index (χ3v) is 3.64. The summed E-state index contributed by atoms with van der Waals surface area (Å²) in [5.41, 5.74) is 2.30. The second kappa shape index (κ2) is 6.12. The molecule has 1 aromatic carbocycles. The van der Waals surface area contributed by atoms with Gasteiger partial charge in [0.2, 0.25) is 5.91 Å². The van der Waals surface area contributed by atoms with Crippen molar-refractivity contribution in [1.82, 2.24) is 9.47 Å². The highest BCUT2D eigenvalue weighted by molar-refractivity contribution is 5.89. The Balaban J connectivity index is 2.21. The zero-order valence-corrected chi connectivity index (χ0v) is 12.9. The molecule has 2 aromatic rings. The van der Waals surface area contributed by atoms with Crippen LogP contribution in [0.25, 0.3) is 10.9 Å². The lowest BCUT2D eigenvalue weighted by Crippen LogP contribution is -2.35. The standard InChI is InChI=1S/C17H24N2O/c1-5-19(11-13(2)3)17(20)10-14-12-18(4)16-9-7-6-8-15(14)16/h6-9,12-13H,5,10-11H2,1-4H3. The molecule has 0 radical (unpaired) electrons. The number of para-hydroxylation sites is 1. The summed E-state index contributed by atoms with van der Waals surface area (Å²) in [5, 5.41) is 1.18. The van der Waals surface area contributed by atoms with Crippen molar-refractivity contribution in [2.45, 2.75) is 27.2 Å². The van der Waals surface area contributed by atoms with Crippen LogP contribution in [0.5, 0.6) is 0 Å². The van der Waals surface area contributed by atoms with Gasteiger partial charge in [-0.1, -0.05) is 32.0 Å². The average Bonchev–Trinajstić information content (AvgIpc) is 2.73. The number of aryl methyl sites for hydroxylation is 1. The van der Waals surface area contributed by atoms with Crippen molar-refractivity contribution in [3.05, 3.63) is 36.0 Å². The quantitative estimate of drug-likeness (QED) is 0.820. The summed E-state index contributed by atoms with van der Waals surface area (Å²) >= 11 is 0. The molecule has 0 saturated carbocycles. The van der Waals surface area contributed by atoms with Crippen molar-refractivity contribution in [2.24, 2.45) is 13.0 Å². The number of carbonyl (C=O) groups excluding carboxylic acids is 1. The van der Waals surface area contributed by atoms with Crippen LogP contribution in [-0.2, 0) is 18.3 Å². The zero-order chi connectivity index (χ0) is 14.7. The van der Waals surface area contributed by atoms with Gasteiger partial charge in [-0.05, 0) is 24.5 Å². The SMILES string of the molecule is CCN(CC(C)C)C(=O)Cc1cn(C)c2ccccc12. The van der Waals surface area contributed by atoms with Crippen LogP contribution in [0.15, 0.2) is 30.5 Å². The number of aromatic nitrogens is 1. The fourth-order valence-electron chi connectivity index (χ4n) is 2.69. The van der Waals surface area contributed by atoms with Crippen LogP contribution in [0.2, 0.25) is 0 Å². The van der Waals surface area contributed by atoms with Crippen LogP contribution in [-0.4, -0.2) is 28.5 Å². The number of hydrogen-bond donors (Lipinski definition) is 0. The molecule has 2 rings (SSSR count). The summed E-state index contributed by atoms with van der Waals surface area (Å²) in [7, 11) is 2.03. The van der Waals surface area contributed by atoms with Crippen LogP contribution in [0.4, 0.5) is 0 Å². The number of benzene rings is 1. The van der Waals surface area contributed by atoms with E-state index in [0.29, 0.717) is 12.3 Å². The Bertz CT molecular complexity index is 598. The van der Waals surface area contributed by atoms with Gasteiger partial charge in [0.1, 0.15) is 0 Å². The van der Waals surface area contributed by atoms with Crippen molar-refractivity contribution < 1.29 is 4.79 Å². The molecule has 0 saturated heterocycles. The van der Waals surface area contributed by atoms with Gasteiger partial charge in [-0.15, -0.1) is 0 Å². The van der Waals surface area contributed by atoms with Gasteiger partial charge < -0.3 is 9.47 Å². The Morgan fingerprint density at radius 3 is 2.65 bits per heavy atom. The van der Waals surface area contributed by atoms with E-state index in [-0.39, 0.29) is 5.91 Å². The van der Waals surface area contributed by atoms with Crippen molar-refractivity contribution in [1.29, 1.82) is 0 Å². The van der Waals surface area contributed by atoms with Crippen molar-refractivity contribution in [2.75, 3.05) is 13.1 Å². The molecule has 0 aliphatic heterocycles. The minimum absolute atomic E-state index is 0.220. The molecule has 0 bridgehead atoms. The third-order valence-electron chi connectivity index (χ3n) is 3.64. The Morgan fingerprint density at radius 2 is 2.00 bits per heavy atom. The van der Waals surface area contributed by atoms with Gasteiger partial charge in [0.25, 0.3) is 0 Å². The number of amides is 1. The lowest BCUT2D eigenvalue weighted by atomic mass is 10.1. The van der Waals surface area contributed by atoms with E-state index in [0.717, 1.165) is 18.7 Å². The molecule has 0 aliphatic rings. The lowest BCUT2D eigenvalue weighted by molar-refractivity contribution is -0.130. The molecule has 0 spiro atoms. The summed E-state index contributed by atoms with van der Waals surface area (Å²) in [6.07, 6.45) is 2.56. The average molecular weight is 272 g/mol. The first-order valence-corrected chi connectivity index (χ1v) is 7.33. The van der Waals surface area contributed by atoms with E-state index >= 15 is 0 Å². The first-order valence-electron chi connectivity index (χ1n) is 7.33. The van der Waals surface area contributed by atoms with Crippen LogP contribution in [0.1, 0.15) is 26.3 Å². The zero-order valence-electron chi connectivity index (χ0n) is 12.9. The summed E-state index contributed by atoms with van der Waals surface area (Å²) < 4.78 is 2.09. The van der Waals surface area contributed by atoms with E-state index in [9.17, 15) is 4.79 Å². The topological polar surface area (TPSA) is 25.2 Å². The van der Waals surface area contributed by atoms with E-state index in [2.05, 4.69) is 36.7 Å². The smallest absolute Gasteiger partial charge is 0.227 e. The van der Waals surface area contributed by atoms with Gasteiger partial charge in [0.15, 0.2) is 0 Å². The molecule has 0 unspecified atom stereocenters. The van der Waals surface area contributed by atoms with Crippen molar-refractivity contribution >= 4 is 16.8 Å². The largest absolute Gasteiger partial charge is 0.350 e. The molecule has 0 atom stereocenters. The summed E-state index contributed by atoms with van der Waals surface area (Å²) in [6.45, 7) is 7.95. The van der Waals surface area contributed by atoms with E-state index in [1.54, 1.807) is 0 Å². The van der Waals surface area contributed by atoms with Gasteiger partial charge >= 0.3 is 0 Å². The molecular weight excluding hydrogens is 248 g/mol. The highest BCUT2D eigenvalue weighted by atomic mass is 16.2. The minimum Gasteiger partial charge on any atom is -0.350 e. The Morgan fingerprint density at radius 1 is 1.30 bits per heavy atom. The highest BCUT2D eigenvalue weighted by Crippen LogP contribution is 2.21. The summed E-state index contributed by atoms with van der Waals surface area (Å²) in [4.78, 5) is 14.4. The predicted molar refractivity (Wildman–Crippen MR) is 83.7 cm³/mol. The van der Waals surface area contributed by atoms with Crippen LogP contribution in [0.3, 0.4) is 0 Å². The second-order valence-corrected chi connectivity index (χ2v) is 5.79. The fraction of sp³-hybridized carbons (Fsp3) is 0.471. The highest BCUT2D eigenvalue weighted by Gasteiger charge is 2.16. The van der Waals surface area contributed by atoms with Crippen molar-refractivity contribution in [3.63, 3.8) is 0 Å². The molecule has 108 valence electrons. The fourth-order valence-corrected chi connectivity index (χ4v) is 2.69. The molecule has 0 N–H and O–H groups in total. The first kappa shape index (κ1) is 14.6. The lowest BCUT2D eigenvalue weighted by Gasteiger charge is -2.22. The number of carbonyl (C=O) groups is 1. The summed E-state index contributed by atoms with van der Waals surface area (Å²) in [5.74, 6) is 0.726. The Kier molecular flexibility index (Phi) is 4.48. The number of likely N-dealkylation sites (N-methyl/N-ethyl adjacent to an activating group) is 1. The monoisotopic (exact) mass is 272 g/mol. The van der Waals surface area contributed by atoms with Crippen LogP contribution < -0.4 is 0 Å². The molecule has 1 amide bonds. The maximum atomic E-state index is 12.4. The molecular formula is C17H24N2O. The minimum atomic E-state index is 0.220. The number of nitrogens with zero attached hydrogens (tertiary/aromatic N) is 2. The Hall–Kier alpha value is -1.77. The van der Waals surface area contributed by atoms with Crippen molar-refractivity contribution in [3.8, 4) is 0 Å². The van der Waals surface area contributed by atoms with Gasteiger partial charge in [0, 0.05) is 37.2 Å². The van der Waals surface area contributed by atoms with Gasteiger partial charge in [-0.3, -0.25) is 4.79 Å². The van der Waals surface area contributed by atoms with Gasteiger partial charge in [0.05, 0.1) is 6.42 Å². The molecule has 20 heavy (non-hydrogen) atoms. The molecule has 1 heterocycles. The normalized spacial score (nSPS) is 11.2. The molecule has 3 heteroatoms. The maximum absolute atomic E-state index is 12.4. The molecule has 0 fully saturated rings. The molecule has 3 nitrogen and oxygen atoms in total. The predicted octanol–water partition coefficient (Wildman–Crippen LogP) is 3.23. The van der Waals surface area contributed by atoms with E-state index in [1.807, 2.05) is 31.0 Å².